The van der Waals surface area contributed by atoms with Crippen LogP contribution in [0.3, 0.4) is 0 Å². The molecule has 0 saturated carbocycles. The van der Waals surface area contributed by atoms with E-state index in [1.807, 2.05) is 24.3 Å². The van der Waals surface area contributed by atoms with Crippen LogP contribution in [-0.4, -0.2) is 24.2 Å². The topological polar surface area (TPSA) is 84.8 Å². The number of nitrogens with zero attached hydrogens (tertiary/aromatic N) is 1. The van der Waals surface area contributed by atoms with Crippen molar-refractivity contribution in [2.75, 3.05) is 5.75 Å². The summed E-state index contributed by atoms with van der Waals surface area (Å²) in [6, 6.07) is 12.4. The fourth-order valence-corrected chi connectivity index (χ4v) is 3.69. The van der Waals surface area contributed by atoms with Gasteiger partial charge in [0.1, 0.15) is 5.75 Å². The lowest BCUT2D eigenvalue weighted by atomic mass is 10.1. The fraction of sp³-hybridized carbons (Fsp3) is 0.0833. The normalized spacial score (nSPS) is 18.8. The van der Waals surface area contributed by atoms with Crippen molar-refractivity contribution in [1.82, 2.24) is 5.48 Å². The first-order valence-electron chi connectivity index (χ1n) is 5.69. The number of nitrogens with one attached hydrogen (secondary N) is 1. The van der Waals surface area contributed by atoms with Gasteiger partial charge in [0.05, 0.1) is 4.90 Å². The van der Waals surface area contributed by atoms with E-state index in [1.54, 1.807) is 18.2 Å². The van der Waals surface area contributed by atoms with Crippen LogP contribution < -0.4 is 5.48 Å². The van der Waals surface area contributed by atoms with Gasteiger partial charge in [-0.2, -0.15) is 4.28 Å². The number of hydrogen-bond donors (Lipinski definition) is 1. The molecule has 0 aromatic heterocycles. The van der Waals surface area contributed by atoms with Gasteiger partial charge in [-0.05, 0) is 22.9 Å². The van der Waals surface area contributed by atoms with Gasteiger partial charge in [0, 0.05) is 0 Å². The highest BCUT2D eigenvalue weighted by Gasteiger charge is 2.22. The average molecular weight is 310 g/mol. The van der Waals surface area contributed by atoms with E-state index in [9.17, 15) is 12.6 Å². The van der Waals surface area contributed by atoms with Crippen LogP contribution in [0.15, 0.2) is 51.8 Å². The van der Waals surface area contributed by atoms with Crippen molar-refractivity contribution >= 4 is 37.7 Å². The molecule has 6 nitrogen and oxygen atoms in total. The van der Waals surface area contributed by atoms with E-state index in [2.05, 4.69) is 14.2 Å². The van der Waals surface area contributed by atoms with Crippen molar-refractivity contribution in [1.29, 1.82) is 0 Å². The number of amidine groups is 1. The summed E-state index contributed by atoms with van der Waals surface area (Å²) in [5.41, 5.74) is 2.24. The van der Waals surface area contributed by atoms with Crippen molar-refractivity contribution in [3.8, 4) is 0 Å². The zero-order valence-electron chi connectivity index (χ0n) is 10.1. The minimum absolute atomic E-state index is 0.0384. The molecule has 2 aromatic rings. The number of hydrogen-bond acceptors (Lipinski definition) is 5. The zero-order valence-corrected chi connectivity index (χ0v) is 11.8. The number of rotatable bonds is 3. The van der Waals surface area contributed by atoms with Gasteiger partial charge in [-0.3, -0.25) is 0 Å². The van der Waals surface area contributed by atoms with Gasteiger partial charge >= 0.3 is 11.3 Å². The van der Waals surface area contributed by atoms with E-state index in [-0.39, 0.29) is 16.5 Å². The molecule has 0 amide bonds. The second-order valence-electron chi connectivity index (χ2n) is 4.21. The van der Waals surface area contributed by atoms with Crippen LogP contribution in [0.25, 0.3) is 10.8 Å². The number of benzene rings is 2. The molecular weight excluding hydrogens is 300 g/mol. The molecule has 3 rings (SSSR count). The second-order valence-corrected chi connectivity index (χ2v) is 6.98. The molecule has 1 atom stereocenters. The fourth-order valence-electron chi connectivity index (χ4n) is 1.89. The monoisotopic (exact) mass is 310 g/mol. The Bertz CT molecular complexity index is 830. The average Bonchev–Trinajstić information content (AvgIpc) is 2.83. The van der Waals surface area contributed by atoms with E-state index in [1.165, 1.54) is 0 Å². The molecule has 0 aliphatic carbocycles. The highest BCUT2D eigenvalue weighted by atomic mass is 32.2. The molecule has 1 aliphatic rings. The highest BCUT2D eigenvalue weighted by molar-refractivity contribution is 7.92. The molecule has 20 heavy (non-hydrogen) atoms. The third-order valence-corrected chi connectivity index (χ3v) is 5.04. The van der Waals surface area contributed by atoms with Crippen LogP contribution in [-0.2, 0) is 25.4 Å². The molecule has 0 saturated heterocycles. The Morgan fingerprint density at radius 1 is 1.15 bits per heavy atom. The van der Waals surface area contributed by atoms with Crippen LogP contribution >= 0.6 is 0 Å². The van der Waals surface area contributed by atoms with Gasteiger partial charge in [0.25, 0.3) is 0 Å². The summed E-state index contributed by atoms with van der Waals surface area (Å²) < 4.78 is 43.4. The number of hydroxylamine groups is 1. The molecule has 8 heteroatoms. The predicted octanol–water partition coefficient (Wildman–Crippen LogP) is 1.13. The first-order chi connectivity index (χ1) is 9.54. The second kappa shape index (κ2) is 4.97. The standard InChI is InChI=1S/C12H10N2O4S2/c15-19-14-12(13-18-19)8-20(16,17)11-6-5-9-3-1-2-4-10(9)7-11/h1-7H,8H2,(H,13,14). The Morgan fingerprint density at radius 3 is 2.60 bits per heavy atom. The molecule has 1 heterocycles. The maximum Gasteiger partial charge on any atom is 0.309 e. The first kappa shape index (κ1) is 13.2. The lowest BCUT2D eigenvalue weighted by Crippen LogP contribution is -2.25. The highest BCUT2D eigenvalue weighted by Crippen LogP contribution is 2.20. The largest absolute Gasteiger partial charge is 0.309 e. The van der Waals surface area contributed by atoms with Gasteiger partial charge in [-0.15, -0.1) is 4.40 Å². The van der Waals surface area contributed by atoms with Crippen LogP contribution in [0.4, 0.5) is 0 Å². The van der Waals surface area contributed by atoms with Crippen LogP contribution in [0.2, 0.25) is 0 Å². The maximum absolute atomic E-state index is 12.3. The van der Waals surface area contributed by atoms with E-state index < -0.39 is 21.1 Å². The summed E-state index contributed by atoms with van der Waals surface area (Å²) in [5.74, 6) is -0.339. The van der Waals surface area contributed by atoms with E-state index in [4.69, 9.17) is 0 Å². The minimum Gasteiger partial charge on any atom is -0.234 e. The van der Waals surface area contributed by atoms with Gasteiger partial charge in [-0.1, -0.05) is 30.3 Å². The van der Waals surface area contributed by atoms with Crippen molar-refractivity contribution in [2.24, 2.45) is 4.40 Å². The number of sulfone groups is 1. The summed E-state index contributed by atoms with van der Waals surface area (Å²) in [4.78, 5) is 0.193. The van der Waals surface area contributed by atoms with Crippen molar-refractivity contribution in [2.45, 2.75) is 4.90 Å². The molecule has 1 unspecified atom stereocenters. The first-order valence-corrected chi connectivity index (χ1v) is 8.37. The summed E-state index contributed by atoms with van der Waals surface area (Å²) >= 11 is -1.85. The van der Waals surface area contributed by atoms with Crippen molar-refractivity contribution in [3.05, 3.63) is 42.5 Å². The van der Waals surface area contributed by atoms with Crippen LogP contribution in [0, 0.1) is 0 Å². The van der Waals surface area contributed by atoms with Gasteiger partial charge in [-0.25, -0.2) is 18.1 Å². The molecule has 104 valence electrons. The molecule has 2 aromatic carbocycles. The molecule has 0 bridgehead atoms. The van der Waals surface area contributed by atoms with Gasteiger partial charge in [0.15, 0.2) is 15.7 Å². The zero-order chi connectivity index (χ0) is 14.2. The lowest BCUT2D eigenvalue weighted by molar-refractivity contribution is 0.305. The van der Waals surface area contributed by atoms with Gasteiger partial charge in [0.2, 0.25) is 0 Å². The molecular formula is C12H10N2O4S2. The summed E-state index contributed by atoms with van der Waals surface area (Å²) in [6.07, 6.45) is 0. The third kappa shape index (κ3) is 2.58. The third-order valence-electron chi connectivity index (χ3n) is 2.82. The maximum atomic E-state index is 12.3. The van der Waals surface area contributed by atoms with Crippen LogP contribution in [0.5, 0.6) is 0 Å². The summed E-state index contributed by atoms with van der Waals surface area (Å²) in [5, 5.41) is 1.81. The smallest absolute Gasteiger partial charge is 0.234 e. The predicted molar refractivity (Wildman–Crippen MR) is 75.8 cm³/mol. The summed E-state index contributed by atoms with van der Waals surface area (Å²) in [6.45, 7) is 0. The number of fused-ring (bicyclic) bond motifs is 1. The molecule has 0 fully saturated rings. The van der Waals surface area contributed by atoms with Crippen LogP contribution in [0.1, 0.15) is 0 Å². The molecule has 0 radical (unpaired) electrons. The Kier molecular flexibility index (Phi) is 3.28. The SMILES string of the molecule is O=S1N=C(CS(=O)(=O)c2ccc3ccccc3c2)NO1. The molecule has 1 aliphatic heterocycles. The molecule has 1 N–H and O–H groups in total. The van der Waals surface area contributed by atoms with E-state index >= 15 is 0 Å². The Morgan fingerprint density at radius 2 is 1.90 bits per heavy atom. The van der Waals surface area contributed by atoms with E-state index in [0.717, 1.165) is 10.8 Å². The summed E-state index contributed by atoms with van der Waals surface area (Å²) in [7, 11) is -3.57. The Balaban J connectivity index is 1.96. The molecule has 0 spiro atoms. The van der Waals surface area contributed by atoms with Gasteiger partial charge < -0.3 is 0 Å². The lowest BCUT2D eigenvalue weighted by Gasteiger charge is -2.05. The van der Waals surface area contributed by atoms with E-state index in [0.29, 0.717) is 0 Å². The van der Waals surface area contributed by atoms with Crippen molar-refractivity contribution in [3.63, 3.8) is 0 Å². The Labute approximate surface area is 118 Å². The minimum atomic E-state index is -3.57. The quantitative estimate of drug-likeness (QED) is 0.918. The Hall–Kier alpha value is -1.77. The van der Waals surface area contributed by atoms with Crippen molar-refractivity contribution < 1.29 is 16.9 Å².